The minimum atomic E-state index is -0.503. The van der Waals surface area contributed by atoms with Gasteiger partial charge in [-0.05, 0) is 32.9 Å². The molecule has 0 radical (unpaired) electrons. The number of esters is 1. The van der Waals surface area contributed by atoms with Crippen molar-refractivity contribution in [3.05, 3.63) is 30.3 Å². The van der Waals surface area contributed by atoms with Gasteiger partial charge in [-0.3, -0.25) is 0 Å². The first-order valence-corrected chi connectivity index (χ1v) is 5.96. The van der Waals surface area contributed by atoms with Crippen LogP contribution in [0.1, 0.15) is 20.8 Å². The zero-order chi connectivity index (χ0) is 13.6. The van der Waals surface area contributed by atoms with Gasteiger partial charge in [-0.15, -0.1) is 0 Å². The van der Waals surface area contributed by atoms with Gasteiger partial charge in [-0.1, -0.05) is 18.2 Å². The summed E-state index contributed by atoms with van der Waals surface area (Å²) >= 11 is 0. The van der Waals surface area contributed by atoms with E-state index in [4.69, 9.17) is 9.47 Å². The van der Waals surface area contributed by atoms with E-state index in [9.17, 15) is 4.79 Å². The predicted molar refractivity (Wildman–Crippen MR) is 71.6 cm³/mol. The largest absolute Gasteiger partial charge is 0.467 e. The van der Waals surface area contributed by atoms with Crippen molar-refractivity contribution >= 4 is 11.7 Å². The summed E-state index contributed by atoms with van der Waals surface area (Å²) in [6, 6.07) is 9.02. The molecule has 0 heterocycles. The lowest BCUT2D eigenvalue weighted by atomic mass is 10.2. The molecule has 1 rings (SSSR count). The molecule has 0 saturated heterocycles. The van der Waals surface area contributed by atoms with Crippen LogP contribution < -0.4 is 5.32 Å². The molecule has 0 saturated carbocycles. The normalized spacial score (nSPS) is 12.9. The fourth-order valence-corrected chi connectivity index (χ4v) is 1.38. The molecule has 1 aromatic carbocycles. The van der Waals surface area contributed by atoms with E-state index in [1.54, 1.807) is 0 Å². The third kappa shape index (κ3) is 5.19. The minimum absolute atomic E-state index is 0.269. The highest BCUT2D eigenvalue weighted by Gasteiger charge is 2.22. The second kappa shape index (κ2) is 6.40. The lowest BCUT2D eigenvalue weighted by Gasteiger charge is -2.24. The lowest BCUT2D eigenvalue weighted by Crippen LogP contribution is -2.38. The van der Waals surface area contributed by atoms with Gasteiger partial charge >= 0.3 is 5.97 Å². The molecule has 0 bridgehead atoms. The predicted octanol–water partition coefficient (Wildman–Crippen LogP) is 2.46. The standard InChI is InChI=1S/C14H21NO3/c1-14(2,3)18-10-12(13(16)17-4)15-11-8-6-5-7-9-11/h5-9,12,15H,10H2,1-4H3. The monoisotopic (exact) mass is 251 g/mol. The fraction of sp³-hybridized carbons (Fsp3) is 0.500. The highest BCUT2D eigenvalue weighted by atomic mass is 16.5. The first-order valence-electron chi connectivity index (χ1n) is 5.96. The number of carbonyl (C=O) groups is 1. The third-order valence-electron chi connectivity index (χ3n) is 2.28. The summed E-state index contributed by atoms with van der Waals surface area (Å²) in [4.78, 5) is 11.7. The molecule has 0 aliphatic rings. The Morgan fingerprint density at radius 1 is 1.28 bits per heavy atom. The molecule has 0 fully saturated rings. The van der Waals surface area contributed by atoms with Crippen molar-refractivity contribution in [2.45, 2.75) is 32.4 Å². The lowest BCUT2D eigenvalue weighted by molar-refractivity contribution is -0.144. The van der Waals surface area contributed by atoms with E-state index >= 15 is 0 Å². The summed E-state index contributed by atoms with van der Waals surface area (Å²) in [5, 5.41) is 3.10. The number of benzene rings is 1. The summed E-state index contributed by atoms with van der Waals surface area (Å²) in [6.07, 6.45) is 0. The zero-order valence-corrected chi connectivity index (χ0v) is 11.4. The molecule has 1 unspecified atom stereocenters. The molecule has 1 N–H and O–H groups in total. The molecular formula is C14H21NO3. The van der Waals surface area contributed by atoms with Crippen molar-refractivity contribution in [1.29, 1.82) is 0 Å². The second-order valence-corrected chi connectivity index (χ2v) is 5.01. The maximum atomic E-state index is 11.7. The van der Waals surface area contributed by atoms with Gasteiger partial charge in [-0.2, -0.15) is 0 Å². The zero-order valence-electron chi connectivity index (χ0n) is 11.4. The molecule has 0 aliphatic heterocycles. The number of carbonyl (C=O) groups excluding carboxylic acids is 1. The quantitative estimate of drug-likeness (QED) is 0.817. The highest BCUT2D eigenvalue weighted by Crippen LogP contribution is 2.12. The topological polar surface area (TPSA) is 47.6 Å². The van der Waals surface area contributed by atoms with Crippen molar-refractivity contribution < 1.29 is 14.3 Å². The van der Waals surface area contributed by atoms with Crippen LogP contribution >= 0.6 is 0 Å². The fourth-order valence-electron chi connectivity index (χ4n) is 1.38. The van der Waals surface area contributed by atoms with Crippen LogP contribution in [-0.2, 0) is 14.3 Å². The van der Waals surface area contributed by atoms with Crippen LogP contribution in [0.4, 0.5) is 5.69 Å². The molecule has 1 aromatic rings. The minimum Gasteiger partial charge on any atom is -0.467 e. The van der Waals surface area contributed by atoms with Crippen LogP contribution in [0.25, 0.3) is 0 Å². The molecule has 1 atom stereocenters. The molecule has 0 amide bonds. The smallest absolute Gasteiger partial charge is 0.330 e. The molecule has 0 aromatic heterocycles. The molecule has 100 valence electrons. The van der Waals surface area contributed by atoms with Crippen LogP contribution in [-0.4, -0.2) is 31.3 Å². The molecule has 0 spiro atoms. The summed E-state index contributed by atoms with van der Waals surface area (Å²) < 4.78 is 10.4. The van der Waals surface area contributed by atoms with Gasteiger partial charge in [0.1, 0.15) is 6.04 Å². The van der Waals surface area contributed by atoms with Crippen LogP contribution in [0.3, 0.4) is 0 Å². The van der Waals surface area contributed by atoms with E-state index in [0.717, 1.165) is 5.69 Å². The highest BCUT2D eigenvalue weighted by molar-refractivity contribution is 5.79. The van der Waals surface area contributed by atoms with E-state index in [0.29, 0.717) is 0 Å². The first kappa shape index (κ1) is 14.5. The third-order valence-corrected chi connectivity index (χ3v) is 2.28. The van der Waals surface area contributed by atoms with Gasteiger partial charge in [0.25, 0.3) is 0 Å². The average molecular weight is 251 g/mol. The number of methoxy groups -OCH3 is 1. The SMILES string of the molecule is COC(=O)C(COC(C)(C)C)Nc1ccccc1. The summed E-state index contributed by atoms with van der Waals surface area (Å²) in [5.74, 6) is -0.330. The maximum absolute atomic E-state index is 11.7. The summed E-state index contributed by atoms with van der Waals surface area (Å²) in [5.41, 5.74) is 0.579. The van der Waals surface area contributed by atoms with E-state index in [-0.39, 0.29) is 18.2 Å². The average Bonchev–Trinajstić information content (AvgIpc) is 2.33. The summed E-state index contributed by atoms with van der Waals surface area (Å²) in [6.45, 7) is 6.11. The van der Waals surface area contributed by atoms with Gasteiger partial charge in [0.2, 0.25) is 0 Å². The van der Waals surface area contributed by atoms with Crippen LogP contribution in [0, 0.1) is 0 Å². The molecule has 4 heteroatoms. The molecule has 4 nitrogen and oxygen atoms in total. The van der Waals surface area contributed by atoms with Crippen molar-refractivity contribution in [1.82, 2.24) is 0 Å². The van der Waals surface area contributed by atoms with E-state index in [1.807, 2.05) is 51.1 Å². The van der Waals surface area contributed by atoms with Gasteiger partial charge < -0.3 is 14.8 Å². The van der Waals surface area contributed by atoms with Crippen LogP contribution in [0.5, 0.6) is 0 Å². The number of rotatable bonds is 5. The van der Waals surface area contributed by atoms with Gasteiger partial charge in [0.05, 0.1) is 19.3 Å². The Morgan fingerprint density at radius 2 is 1.89 bits per heavy atom. The Balaban J connectivity index is 2.65. The number of nitrogens with one attached hydrogen (secondary N) is 1. The van der Waals surface area contributed by atoms with Crippen LogP contribution in [0.2, 0.25) is 0 Å². The number of anilines is 1. The van der Waals surface area contributed by atoms with Gasteiger partial charge in [0.15, 0.2) is 0 Å². The Kier molecular flexibility index (Phi) is 5.16. The first-order chi connectivity index (χ1) is 8.42. The number of hydrogen-bond donors (Lipinski definition) is 1. The van der Waals surface area contributed by atoms with Crippen molar-refractivity contribution in [2.24, 2.45) is 0 Å². The van der Waals surface area contributed by atoms with E-state index in [2.05, 4.69) is 5.32 Å². The number of ether oxygens (including phenoxy) is 2. The van der Waals surface area contributed by atoms with Crippen molar-refractivity contribution in [2.75, 3.05) is 19.0 Å². The Bertz CT molecular complexity index is 370. The Hall–Kier alpha value is -1.55. The van der Waals surface area contributed by atoms with Gasteiger partial charge in [0, 0.05) is 5.69 Å². The number of para-hydroxylation sites is 1. The van der Waals surface area contributed by atoms with Crippen molar-refractivity contribution in [3.8, 4) is 0 Å². The second-order valence-electron chi connectivity index (χ2n) is 5.01. The Morgan fingerprint density at radius 3 is 2.39 bits per heavy atom. The molecule has 18 heavy (non-hydrogen) atoms. The van der Waals surface area contributed by atoms with Gasteiger partial charge in [-0.25, -0.2) is 4.79 Å². The summed E-state index contributed by atoms with van der Waals surface area (Å²) in [7, 11) is 1.37. The number of hydrogen-bond acceptors (Lipinski definition) is 4. The molecule has 0 aliphatic carbocycles. The molecular weight excluding hydrogens is 230 g/mol. The van der Waals surface area contributed by atoms with E-state index in [1.165, 1.54) is 7.11 Å². The van der Waals surface area contributed by atoms with Crippen molar-refractivity contribution in [3.63, 3.8) is 0 Å². The Labute approximate surface area is 108 Å². The maximum Gasteiger partial charge on any atom is 0.330 e. The van der Waals surface area contributed by atoms with Crippen LogP contribution in [0.15, 0.2) is 30.3 Å². The van der Waals surface area contributed by atoms with E-state index < -0.39 is 6.04 Å².